The lowest BCUT2D eigenvalue weighted by Gasteiger charge is -1.98. The summed E-state index contributed by atoms with van der Waals surface area (Å²) in [5, 5.41) is 1.79. The molecule has 0 bridgehead atoms. The van der Waals surface area contributed by atoms with Crippen molar-refractivity contribution in [3.05, 3.63) is 35.8 Å². The van der Waals surface area contributed by atoms with Gasteiger partial charge in [-0.1, -0.05) is 6.07 Å². The highest BCUT2D eigenvalue weighted by molar-refractivity contribution is 7.82. The molecule has 0 aliphatic carbocycles. The van der Waals surface area contributed by atoms with Crippen LogP contribution in [-0.4, -0.2) is 13.7 Å². The van der Waals surface area contributed by atoms with Gasteiger partial charge in [0.15, 0.2) is 11.1 Å². The van der Waals surface area contributed by atoms with E-state index < -0.39 is 11.1 Å². The maximum Gasteiger partial charge on any atom is 0.197 e. The molecule has 1 N–H and O–H groups in total. The second-order valence-corrected chi connectivity index (χ2v) is 4.67. The third-order valence-electron chi connectivity index (χ3n) is 1.73. The quantitative estimate of drug-likeness (QED) is 0.798. The number of hydrogen-bond acceptors (Lipinski definition) is 3. The van der Waals surface area contributed by atoms with Gasteiger partial charge in [0.1, 0.15) is 4.21 Å². The van der Waals surface area contributed by atoms with E-state index in [9.17, 15) is 4.21 Å². The highest BCUT2D eigenvalue weighted by Crippen LogP contribution is 2.28. The van der Waals surface area contributed by atoms with Crippen LogP contribution in [-0.2, 0) is 11.1 Å². The van der Waals surface area contributed by atoms with Crippen LogP contribution in [0.4, 0.5) is 0 Å². The predicted octanol–water partition coefficient (Wildman–Crippen LogP) is 2.39. The predicted molar refractivity (Wildman–Crippen MR) is 56.6 cm³/mol. The molecule has 0 aliphatic heterocycles. The van der Waals surface area contributed by atoms with Gasteiger partial charge in [-0.15, -0.1) is 11.3 Å². The van der Waals surface area contributed by atoms with Crippen molar-refractivity contribution in [3.63, 3.8) is 0 Å². The van der Waals surface area contributed by atoms with Gasteiger partial charge in [-0.3, -0.25) is 4.98 Å². The summed E-state index contributed by atoms with van der Waals surface area (Å²) in [6.45, 7) is 0. The van der Waals surface area contributed by atoms with Crippen LogP contribution in [0.5, 0.6) is 0 Å². The summed E-state index contributed by atoms with van der Waals surface area (Å²) in [5.74, 6) is 0. The fraction of sp³-hybridized carbons (Fsp3) is 0. The Morgan fingerprint density at radius 2 is 2.21 bits per heavy atom. The third kappa shape index (κ3) is 1.75. The molecule has 1 atom stereocenters. The SMILES string of the molecule is O=S(O)c1sccc1-c1ccccn1. The summed E-state index contributed by atoms with van der Waals surface area (Å²) < 4.78 is 20.4. The van der Waals surface area contributed by atoms with Gasteiger partial charge < -0.3 is 4.55 Å². The van der Waals surface area contributed by atoms with Crippen molar-refractivity contribution in [1.29, 1.82) is 0 Å². The zero-order valence-electron chi connectivity index (χ0n) is 7.08. The number of thiophene rings is 1. The molecule has 2 aromatic rings. The van der Waals surface area contributed by atoms with Crippen molar-refractivity contribution in [2.45, 2.75) is 4.21 Å². The van der Waals surface area contributed by atoms with Gasteiger partial charge in [-0.05, 0) is 23.6 Å². The van der Waals surface area contributed by atoms with Crippen LogP contribution in [0.25, 0.3) is 11.3 Å². The average Bonchev–Trinajstić information content (AvgIpc) is 2.67. The molecule has 3 nitrogen and oxygen atoms in total. The molecule has 14 heavy (non-hydrogen) atoms. The minimum atomic E-state index is -1.93. The van der Waals surface area contributed by atoms with Gasteiger partial charge in [0.05, 0.1) is 5.69 Å². The highest BCUT2D eigenvalue weighted by atomic mass is 32.2. The normalized spacial score (nSPS) is 12.6. The Kier molecular flexibility index (Phi) is 2.72. The molecule has 0 spiro atoms. The van der Waals surface area contributed by atoms with E-state index in [1.807, 2.05) is 18.2 Å². The Labute approximate surface area is 87.7 Å². The van der Waals surface area contributed by atoms with E-state index in [-0.39, 0.29) is 0 Å². The molecule has 0 saturated carbocycles. The van der Waals surface area contributed by atoms with Gasteiger partial charge in [0.2, 0.25) is 0 Å². The van der Waals surface area contributed by atoms with Gasteiger partial charge in [0, 0.05) is 11.8 Å². The summed E-state index contributed by atoms with van der Waals surface area (Å²) >= 11 is -0.669. The average molecular weight is 225 g/mol. The van der Waals surface area contributed by atoms with Crippen LogP contribution in [0.2, 0.25) is 0 Å². The summed E-state index contributed by atoms with van der Waals surface area (Å²) in [5.41, 5.74) is 1.46. The number of rotatable bonds is 2. The third-order valence-corrected chi connectivity index (χ3v) is 3.69. The van der Waals surface area contributed by atoms with Crippen LogP contribution < -0.4 is 0 Å². The Morgan fingerprint density at radius 3 is 2.86 bits per heavy atom. The van der Waals surface area contributed by atoms with Crippen molar-refractivity contribution in [2.24, 2.45) is 0 Å². The smallest absolute Gasteiger partial charge is 0.197 e. The first-order chi connectivity index (χ1) is 6.79. The van der Waals surface area contributed by atoms with Crippen LogP contribution in [0, 0.1) is 0 Å². The summed E-state index contributed by atoms with van der Waals surface area (Å²) in [6.07, 6.45) is 1.66. The van der Waals surface area contributed by atoms with E-state index in [2.05, 4.69) is 4.98 Å². The first-order valence-corrected chi connectivity index (χ1v) is 5.87. The molecular weight excluding hydrogens is 218 g/mol. The molecule has 0 fully saturated rings. The Bertz CT molecular complexity index is 453. The highest BCUT2D eigenvalue weighted by Gasteiger charge is 2.11. The van der Waals surface area contributed by atoms with E-state index in [0.29, 0.717) is 4.21 Å². The standard InChI is InChI=1S/C9H7NO2S2/c11-14(12)9-7(4-6-13-9)8-3-1-2-5-10-8/h1-6H,(H,11,12). The molecule has 72 valence electrons. The molecular formula is C9H7NO2S2. The lowest BCUT2D eigenvalue weighted by atomic mass is 10.2. The Morgan fingerprint density at radius 1 is 1.36 bits per heavy atom. The molecule has 0 amide bonds. The summed E-state index contributed by atoms with van der Waals surface area (Å²) in [4.78, 5) is 4.13. The maximum absolute atomic E-state index is 10.9. The number of hydrogen-bond donors (Lipinski definition) is 1. The molecule has 0 aromatic carbocycles. The number of nitrogens with zero attached hydrogens (tertiary/aromatic N) is 1. The van der Waals surface area contributed by atoms with E-state index in [4.69, 9.17) is 4.55 Å². The van der Waals surface area contributed by atoms with E-state index in [1.54, 1.807) is 17.6 Å². The lowest BCUT2D eigenvalue weighted by Crippen LogP contribution is -1.88. The second kappa shape index (κ2) is 4.00. The van der Waals surface area contributed by atoms with Crippen molar-refractivity contribution >= 4 is 22.4 Å². The fourth-order valence-electron chi connectivity index (χ4n) is 1.14. The largest absolute Gasteiger partial charge is 0.302 e. The zero-order valence-corrected chi connectivity index (χ0v) is 8.72. The number of aromatic nitrogens is 1. The minimum absolute atomic E-state index is 0.448. The van der Waals surface area contributed by atoms with Crippen molar-refractivity contribution < 1.29 is 8.76 Å². The van der Waals surface area contributed by atoms with Crippen LogP contribution in [0.15, 0.2) is 40.1 Å². The van der Waals surface area contributed by atoms with E-state index in [1.165, 1.54) is 11.3 Å². The fourth-order valence-corrected chi connectivity index (χ4v) is 2.63. The Balaban J connectivity index is 2.52. The second-order valence-electron chi connectivity index (χ2n) is 2.59. The van der Waals surface area contributed by atoms with E-state index in [0.717, 1.165) is 11.3 Å². The van der Waals surface area contributed by atoms with Crippen LogP contribution >= 0.6 is 11.3 Å². The molecule has 2 rings (SSSR count). The molecule has 0 radical (unpaired) electrons. The van der Waals surface area contributed by atoms with Crippen LogP contribution in [0.3, 0.4) is 0 Å². The maximum atomic E-state index is 10.9. The summed E-state index contributed by atoms with van der Waals surface area (Å²) in [7, 11) is 0. The molecule has 1 unspecified atom stereocenters. The van der Waals surface area contributed by atoms with Gasteiger partial charge in [-0.25, -0.2) is 4.21 Å². The topological polar surface area (TPSA) is 50.2 Å². The lowest BCUT2D eigenvalue weighted by molar-refractivity contribution is 0.567. The van der Waals surface area contributed by atoms with Crippen LogP contribution in [0.1, 0.15) is 0 Å². The molecule has 0 aliphatic rings. The van der Waals surface area contributed by atoms with Crippen molar-refractivity contribution in [1.82, 2.24) is 4.98 Å². The van der Waals surface area contributed by atoms with Gasteiger partial charge in [-0.2, -0.15) is 0 Å². The molecule has 2 aromatic heterocycles. The molecule has 2 heterocycles. The number of pyridine rings is 1. The zero-order chi connectivity index (χ0) is 9.97. The van der Waals surface area contributed by atoms with Crippen molar-refractivity contribution in [3.8, 4) is 11.3 Å². The molecule has 5 heteroatoms. The first-order valence-electron chi connectivity index (χ1n) is 3.89. The summed E-state index contributed by atoms with van der Waals surface area (Å²) in [6, 6.07) is 7.28. The first kappa shape index (κ1) is 9.51. The minimum Gasteiger partial charge on any atom is -0.302 e. The Hall–Kier alpha value is -1.04. The molecule has 0 saturated heterocycles. The monoisotopic (exact) mass is 225 g/mol. The van der Waals surface area contributed by atoms with E-state index >= 15 is 0 Å². The van der Waals surface area contributed by atoms with Crippen molar-refractivity contribution in [2.75, 3.05) is 0 Å². The van der Waals surface area contributed by atoms with Gasteiger partial charge in [0.25, 0.3) is 0 Å². The van der Waals surface area contributed by atoms with Gasteiger partial charge >= 0.3 is 0 Å².